The highest BCUT2D eigenvalue weighted by atomic mass is 16.1. The molecule has 1 N–H and O–H groups in total. The minimum Gasteiger partial charge on any atom is -0.326 e. The fourth-order valence-corrected chi connectivity index (χ4v) is 1.57. The molecule has 0 aliphatic heterocycles. The van der Waals surface area contributed by atoms with E-state index in [0.717, 1.165) is 18.5 Å². The zero-order valence-corrected chi connectivity index (χ0v) is 10.7. The van der Waals surface area contributed by atoms with Gasteiger partial charge in [-0.3, -0.25) is 4.79 Å². The van der Waals surface area contributed by atoms with E-state index in [4.69, 9.17) is 0 Å². The Morgan fingerprint density at radius 3 is 2.53 bits per heavy atom. The van der Waals surface area contributed by atoms with Crippen LogP contribution in [0.5, 0.6) is 0 Å². The minimum atomic E-state index is -0.0183. The topological polar surface area (TPSA) is 29.1 Å². The van der Waals surface area contributed by atoms with Crippen LogP contribution in [0, 0.1) is 0 Å². The SMILES string of the molecule is CCCCC=C(CC)NC(=O)c1ccccc1. The average molecular weight is 231 g/mol. The highest BCUT2D eigenvalue weighted by Gasteiger charge is 2.05. The molecule has 0 saturated carbocycles. The van der Waals surface area contributed by atoms with E-state index in [-0.39, 0.29) is 5.91 Å². The van der Waals surface area contributed by atoms with Crippen molar-refractivity contribution in [3.63, 3.8) is 0 Å². The lowest BCUT2D eigenvalue weighted by atomic mass is 10.2. The summed E-state index contributed by atoms with van der Waals surface area (Å²) < 4.78 is 0. The van der Waals surface area contributed by atoms with Crippen LogP contribution in [-0.4, -0.2) is 5.91 Å². The van der Waals surface area contributed by atoms with Crippen LogP contribution in [0.4, 0.5) is 0 Å². The molecule has 0 unspecified atom stereocenters. The largest absolute Gasteiger partial charge is 0.326 e. The van der Waals surface area contributed by atoms with Crippen molar-refractivity contribution in [1.82, 2.24) is 5.32 Å². The van der Waals surface area contributed by atoms with Gasteiger partial charge in [-0.2, -0.15) is 0 Å². The quantitative estimate of drug-likeness (QED) is 0.739. The van der Waals surface area contributed by atoms with Crippen LogP contribution in [0.2, 0.25) is 0 Å². The van der Waals surface area contributed by atoms with Crippen molar-refractivity contribution in [3.8, 4) is 0 Å². The molecule has 0 heterocycles. The van der Waals surface area contributed by atoms with Gasteiger partial charge >= 0.3 is 0 Å². The maximum absolute atomic E-state index is 11.9. The molecule has 0 radical (unpaired) electrons. The Bertz CT molecular complexity index is 368. The molecule has 0 atom stereocenters. The van der Waals surface area contributed by atoms with Crippen LogP contribution in [0.15, 0.2) is 42.1 Å². The molecule has 1 aromatic rings. The Morgan fingerprint density at radius 1 is 1.24 bits per heavy atom. The van der Waals surface area contributed by atoms with Gasteiger partial charge in [0.05, 0.1) is 0 Å². The highest BCUT2D eigenvalue weighted by molar-refractivity contribution is 5.95. The number of amides is 1. The number of hydrogen-bond acceptors (Lipinski definition) is 1. The van der Waals surface area contributed by atoms with Crippen molar-refractivity contribution in [3.05, 3.63) is 47.7 Å². The molecule has 17 heavy (non-hydrogen) atoms. The van der Waals surface area contributed by atoms with Crippen LogP contribution in [0.1, 0.15) is 49.9 Å². The van der Waals surface area contributed by atoms with Gasteiger partial charge in [0.25, 0.3) is 5.91 Å². The third-order valence-electron chi connectivity index (χ3n) is 2.64. The van der Waals surface area contributed by atoms with Crippen LogP contribution >= 0.6 is 0 Å². The molecule has 2 nitrogen and oxygen atoms in total. The van der Waals surface area contributed by atoms with Crippen LogP contribution < -0.4 is 5.32 Å². The monoisotopic (exact) mass is 231 g/mol. The smallest absolute Gasteiger partial charge is 0.255 e. The molecule has 1 rings (SSSR count). The summed E-state index contributed by atoms with van der Waals surface area (Å²) in [5, 5.41) is 2.96. The first-order valence-electron chi connectivity index (χ1n) is 6.33. The number of rotatable bonds is 6. The van der Waals surface area contributed by atoms with Crippen molar-refractivity contribution in [2.45, 2.75) is 39.5 Å². The molecule has 0 aromatic heterocycles. The van der Waals surface area contributed by atoms with E-state index < -0.39 is 0 Å². The first kappa shape index (κ1) is 13.5. The van der Waals surface area contributed by atoms with Crippen molar-refractivity contribution in [1.29, 1.82) is 0 Å². The standard InChI is InChI=1S/C15H21NO/c1-3-5-7-12-14(4-2)16-15(17)13-10-8-6-9-11-13/h6,8-12H,3-5,7H2,1-2H3,(H,16,17). The van der Waals surface area contributed by atoms with Gasteiger partial charge < -0.3 is 5.32 Å². The number of carbonyl (C=O) groups excluding carboxylic acids is 1. The Morgan fingerprint density at radius 2 is 1.94 bits per heavy atom. The lowest BCUT2D eigenvalue weighted by molar-refractivity contribution is 0.0964. The third kappa shape index (κ3) is 4.85. The second kappa shape index (κ2) is 7.66. The molecule has 1 amide bonds. The van der Waals surface area contributed by atoms with Gasteiger partial charge in [0.15, 0.2) is 0 Å². The first-order valence-corrected chi connectivity index (χ1v) is 6.33. The van der Waals surface area contributed by atoms with E-state index in [1.54, 1.807) is 0 Å². The summed E-state index contributed by atoms with van der Waals surface area (Å²) >= 11 is 0. The summed E-state index contributed by atoms with van der Waals surface area (Å²) in [6.45, 7) is 4.23. The fourth-order valence-electron chi connectivity index (χ4n) is 1.57. The molecule has 0 spiro atoms. The Labute approximate surface area is 104 Å². The van der Waals surface area contributed by atoms with Gasteiger partial charge in [0.1, 0.15) is 0 Å². The predicted molar refractivity (Wildman–Crippen MR) is 71.8 cm³/mol. The number of nitrogens with one attached hydrogen (secondary N) is 1. The number of hydrogen-bond donors (Lipinski definition) is 1. The molecule has 0 fully saturated rings. The lowest BCUT2D eigenvalue weighted by Gasteiger charge is -2.08. The molecular formula is C15H21NO. The summed E-state index contributed by atoms with van der Waals surface area (Å²) in [5.74, 6) is -0.0183. The Kier molecular flexibility index (Phi) is 6.08. The normalized spacial score (nSPS) is 11.3. The van der Waals surface area contributed by atoms with E-state index >= 15 is 0 Å². The van der Waals surface area contributed by atoms with Crippen LogP contribution in [-0.2, 0) is 0 Å². The predicted octanol–water partition coefficient (Wildman–Crippen LogP) is 3.90. The maximum Gasteiger partial charge on any atom is 0.255 e. The second-order valence-electron chi connectivity index (χ2n) is 4.05. The van der Waals surface area contributed by atoms with E-state index in [0.29, 0.717) is 5.56 Å². The Balaban J connectivity index is 2.57. The molecule has 0 bridgehead atoms. The molecular weight excluding hydrogens is 210 g/mol. The van der Waals surface area contributed by atoms with Gasteiger partial charge in [-0.15, -0.1) is 0 Å². The van der Waals surface area contributed by atoms with Crippen LogP contribution in [0.3, 0.4) is 0 Å². The Hall–Kier alpha value is -1.57. The summed E-state index contributed by atoms with van der Waals surface area (Å²) in [7, 11) is 0. The second-order valence-corrected chi connectivity index (χ2v) is 4.05. The number of carbonyl (C=O) groups is 1. The van der Waals surface area contributed by atoms with Gasteiger partial charge in [-0.05, 0) is 25.0 Å². The van der Waals surface area contributed by atoms with E-state index in [1.165, 1.54) is 12.8 Å². The fraction of sp³-hybridized carbons (Fsp3) is 0.400. The molecule has 0 saturated heterocycles. The van der Waals surface area contributed by atoms with Gasteiger partial charge in [-0.25, -0.2) is 0 Å². The third-order valence-corrected chi connectivity index (χ3v) is 2.64. The average Bonchev–Trinajstić information content (AvgIpc) is 2.38. The van der Waals surface area contributed by atoms with Gasteiger partial charge in [0, 0.05) is 11.3 Å². The maximum atomic E-state index is 11.9. The number of allylic oxidation sites excluding steroid dienone is 2. The zero-order valence-electron chi connectivity index (χ0n) is 10.7. The summed E-state index contributed by atoms with van der Waals surface area (Å²) in [4.78, 5) is 11.9. The molecule has 0 aliphatic carbocycles. The summed E-state index contributed by atoms with van der Waals surface area (Å²) in [5.41, 5.74) is 1.73. The zero-order chi connectivity index (χ0) is 12.5. The molecule has 0 aliphatic rings. The minimum absolute atomic E-state index is 0.0183. The van der Waals surface area contributed by atoms with E-state index in [1.807, 2.05) is 30.3 Å². The lowest BCUT2D eigenvalue weighted by Crippen LogP contribution is -2.22. The molecule has 2 heteroatoms. The van der Waals surface area contributed by atoms with Gasteiger partial charge in [0.2, 0.25) is 0 Å². The van der Waals surface area contributed by atoms with Crippen molar-refractivity contribution >= 4 is 5.91 Å². The highest BCUT2D eigenvalue weighted by Crippen LogP contribution is 2.05. The summed E-state index contributed by atoms with van der Waals surface area (Å²) in [6, 6.07) is 9.32. The van der Waals surface area contributed by atoms with Crippen molar-refractivity contribution < 1.29 is 4.79 Å². The molecule has 1 aromatic carbocycles. The number of benzene rings is 1. The van der Waals surface area contributed by atoms with E-state index in [9.17, 15) is 4.79 Å². The van der Waals surface area contributed by atoms with Crippen molar-refractivity contribution in [2.75, 3.05) is 0 Å². The first-order chi connectivity index (χ1) is 8.27. The van der Waals surface area contributed by atoms with Crippen molar-refractivity contribution in [2.24, 2.45) is 0 Å². The van der Waals surface area contributed by atoms with Crippen LogP contribution in [0.25, 0.3) is 0 Å². The summed E-state index contributed by atoms with van der Waals surface area (Å²) in [6.07, 6.45) is 6.38. The number of unbranched alkanes of at least 4 members (excludes halogenated alkanes) is 2. The molecule has 92 valence electrons. The van der Waals surface area contributed by atoms with E-state index in [2.05, 4.69) is 25.2 Å². The van der Waals surface area contributed by atoms with Gasteiger partial charge in [-0.1, -0.05) is 51.0 Å².